The number of carbonyl (C=O) groups is 1. The number of aromatic nitrogens is 3. The average molecular weight is 491 g/mol. The molecule has 2 aliphatic rings. The molecule has 4 heterocycles. The first-order chi connectivity index (χ1) is 18.2. The van der Waals surface area contributed by atoms with Crippen molar-refractivity contribution in [3.8, 4) is 11.1 Å². The van der Waals surface area contributed by atoms with Crippen LogP contribution in [0, 0.1) is 0 Å². The number of aliphatic imine (C=N–C) groups is 1. The van der Waals surface area contributed by atoms with E-state index in [-0.39, 0.29) is 5.91 Å². The quantitative estimate of drug-likeness (QED) is 0.370. The molecule has 0 spiro atoms. The monoisotopic (exact) mass is 490 g/mol. The SMILES string of the molecule is O=C(NC1=CN=C(Cc2ccccc2)CC1)c1n[nH]c2ccc(-c3cncc(CN4CCCC4)c3)cc12. The number of hydrogen-bond acceptors (Lipinski definition) is 5. The summed E-state index contributed by atoms with van der Waals surface area (Å²) in [4.78, 5) is 24.7. The number of aromatic amines is 1. The molecule has 0 saturated carbocycles. The molecule has 1 fully saturated rings. The smallest absolute Gasteiger partial charge is 0.276 e. The van der Waals surface area contributed by atoms with E-state index >= 15 is 0 Å². The van der Waals surface area contributed by atoms with E-state index in [0.29, 0.717) is 5.69 Å². The van der Waals surface area contributed by atoms with Crippen LogP contribution in [0.4, 0.5) is 0 Å². The molecule has 37 heavy (non-hydrogen) atoms. The Bertz CT molecular complexity index is 1480. The summed E-state index contributed by atoms with van der Waals surface area (Å²) in [7, 11) is 0. The number of fused-ring (bicyclic) bond motifs is 1. The normalized spacial score (nSPS) is 16.0. The van der Waals surface area contributed by atoms with Gasteiger partial charge < -0.3 is 5.32 Å². The molecule has 186 valence electrons. The van der Waals surface area contributed by atoms with Crippen molar-refractivity contribution in [3.63, 3.8) is 0 Å². The summed E-state index contributed by atoms with van der Waals surface area (Å²) in [6.07, 6.45) is 10.6. The van der Waals surface area contributed by atoms with Crippen molar-refractivity contribution in [2.75, 3.05) is 13.1 Å². The Morgan fingerprint density at radius 3 is 2.62 bits per heavy atom. The van der Waals surface area contributed by atoms with Gasteiger partial charge in [0.15, 0.2) is 5.69 Å². The van der Waals surface area contributed by atoms with Gasteiger partial charge in [-0.3, -0.25) is 24.8 Å². The van der Waals surface area contributed by atoms with Crippen LogP contribution in [0.1, 0.15) is 47.3 Å². The van der Waals surface area contributed by atoms with E-state index in [4.69, 9.17) is 0 Å². The zero-order valence-corrected chi connectivity index (χ0v) is 20.8. The Hall–Kier alpha value is -4.10. The number of allylic oxidation sites excluding steroid dienone is 1. The lowest BCUT2D eigenvalue weighted by atomic mass is 10.0. The molecule has 2 aromatic heterocycles. The number of carbonyl (C=O) groups excluding carboxylic acids is 1. The first-order valence-electron chi connectivity index (χ1n) is 13.0. The van der Waals surface area contributed by atoms with E-state index in [1.807, 2.05) is 48.8 Å². The summed E-state index contributed by atoms with van der Waals surface area (Å²) >= 11 is 0. The van der Waals surface area contributed by atoms with Crippen molar-refractivity contribution in [2.45, 2.75) is 38.6 Å². The second-order valence-corrected chi connectivity index (χ2v) is 9.86. The number of amides is 1. The molecule has 2 N–H and O–H groups in total. The third-order valence-corrected chi connectivity index (χ3v) is 7.12. The van der Waals surface area contributed by atoms with Crippen molar-refractivity contribution in [1.29, 1.82) is 0 Å². The number of pyridine rings is 1. The van der Waals surface area contributed by atoms with Gasteiger partial charge in [-0.15, -0.1) is 0 Å². The number of H-pyrrole nitrogens is 1. The van der Waals surface area contributed by atoms with E-state index < -0.39 is 0 Å². The van der Waals surface area contributed by atoms with E-state index in [1.54, 1.807) is 6.20 Å². The van der Waals surface area contributed by atoms with Gasteiger partial charge in [-0.05, 0) is 73.7 Å². The van der Waals surface area contributed by atoms with Crippen LogP contribution in [-0.4, -0.2) is 44.8 Å². The molecule has 0 atom stereocenters. The van der Waals surface area contributed by atoms with Crippen LogP contribution < -0.4 is 5.32 Å². The molecular formula is C30H30N6O. The summed E-state index contributed by atoms with van der Waals surface area (Å²) in [5.74, 6) is -0.225. The highest BCUT2D eigenvalue weighted by atomic mass is 16.2. The van der Waals surface area contributed by atoms with Gasteiger partial charge in [-0.1, -0.05) is 36.4 Å². The predicted octanol–water partition coefficient (Wildman–Crippen LogP) is 5.27. The van der Waals surface area contributed by atoms with Crippen molar-refractivity contribution in [3.05, 3.63) is 95.7 Å². The van der Waals surface area contributed by atoms with Crippen molar-refractivity contribution < 1.29 is 4.79 Å². The van der Waals surface area contributed by atoms with E-state index in [2.05, 4.69) is 48.6 Å². The number of rotatable bonds is 7. The van der Waals surface area contributed by atoms with Crippen LogP contribution in [0.5, 0.6) is 0 Å². The summed E-state index contributed by atoms with van der Waals surface area (Å²) in [5, 5.41) is 11.1. The highest BCUT2D eigenvalue weighted by Gasteiger charge is 2.18. The highest BCUT2D eigenvalue weighted by molar-refractivity contribution is 6.06. The fourth-order valence-corrected chi connectivity index (χ4v) is 5.14. The average Bonchev–Trinajstić information content (AvgIpc) is 3.60. The van der Waals surface area contributed by atoms with E-state index in [1.165, 1.54) is 24.0 Å². The maximum absolute atomic E-state index is 13.2. The summed E-state index contributed by atoms with van der Waals surface area (Å²) in [6, 6.07) is 18.6. The molecule has 0 aliphatic carbocycles. The molecule has 1 amide bonds. The standard InChI is InChI=1S/C30H30N6O/c37-30(33-26-10-9-25(32-19-26)15-21-6-2-1-3-7-21)29-27-16-23(8-11-28(27)34-35-29)24-14-22(17-31-18-24)20-36-12-4-5-13-36/h1-3,6-8,11,14,16-19H,4-5,9-10,12-13,15,20H2,(H,33,37)(H,34,35). The second kappa shape index (κ2) is 10.5. The number of nitrogens with one attached hydrogen (secondary N) is 2. The van der Waals surface area contributed by atoms with Gasteiger partial charge in [-0.25, -0.2) is 0 Å². The van der Waals surface area contributed by atoms with Crippen molar-refractivity contribution in [2.24, 2.45) is 4.99 Å². The van der Waals surface area contributed by atoms with Gasteiger partial charge in [0, 0.05) is 53.9 Å². The van der Waals surface area contributed by atoms with Gasteiger partial charge in [0.2, 0.25) is 0 Å². The topological polar surface area (TPSA) is 86.3 Å². The molecule has 6 rings (SSSR count). The molecule has 4 aromatic rings. The Morgan fingerprint density at radius 2 is 1.81 bits per heavy atom. The lowest BCUT2D eigenvalue weighted by Crippen LogP contribution is -2.25. The minimum absolute atomic E-state index is 0.225. The predicted molar refractivity (Wildman–Crippen MR) is 146 cm³/mol. The lowest BCUT2D eigenvalue weighted by Gasteiger charge is -2.15. The second-order valence-electron chi connectivity index (χ2n) is 9.86. The molecule has 2 aromatic carbocycles. The van der Waals surface area contributed by atoms with E-state index in [0.717, 1.165) is 72.3 Å². The molecule has 0 radical (unpaired) electrons. The summed E-state index contributed by atoms with van der Waals surface area (Å²) < 4.78 is 0. The van der Waals surface area contributed by atoms with Crippen LogP contribution in [0.2, 0.25) is 0 Å². The van der Waals surface area contributed by atoms with Crippen LogP contribution in [-0.2, 0) is 13.0 Å². The van der Waals surface area contributed by atoms with Gasteiger partial charge in [0.1, 0.15) is 0 Å². The zero-order valence-electron chi connectivity index (χ0n) is 20.8. The Kier molecular flexibility index (Phi) is 6.60. The number of benzene rings is 2. The van der Waals surface area contributed by atoms with Crippen LogP contribution >= 0.6 is 0 Å². The largest absolute Gasteiger partial charge is 0.323 e. The van der Waals surface area contributed by atoms with Crippen LogP contribution in [0.15, 0.2) is 83.9 Å². The Labute approximate surface area is 216 Å². The molecule has 7 nitrogen and oxygen atoms in total. The fourth-order valence-electron chi connectivity index (χ4n) is 5.14. The third kappa shape index (κ3) is 5.37. The molecule has 1 saturated heterocycles. The number of hydrogen-bond donors (Lipinski definition) is 2. The number of likely N-dealkylation sites (tertiary alicyclic amines) is 1. The molecule has 7 heteroatoms. The molecule has 2 aliphatic heterocycles. The maximum Gasteiger partial charge on any atom is 0.276 e. The zero-order chi connectivity index (χ0) is 25.0. The fraction of sp³-hybridized carbons (Fsp3) is 0.267. The summed E-state index contributed by atoms with van der Waals surface area (Å²) in [5.41, 5.74) is 7.67. The summed E-state index contributed by atoms with van der Waals surface area (Å²) in [6.45, 7) is 3.23. The first kappa shape index (κ1) is 23.3. The number of nitrogens with zero attached hydrogens (tertiary/aromatic N) is 4. The van der Waals surface area contributed by atoms with Crippen LogP contribution in [0.25, 0.3) is 22.0 Å². The minimum Gasteiger partial charge on any atom is -0.323 e. The first-order valence-corrected chi connectivity index (χ1v) is 13.0. The van der Waals surface area contributed by atoms with Crippen LogP contribution in [0.3, 0.4) is 0 Å². The molecule has 0 bridgehead atoms. The van der Waals surface area contributed by atoms with Gasteiger partial charge in [0.25, 0.3) is 5.91 Å². The third-order valence-electron chi connectivity index (χ3n) is 7.12. The minimum atomic E-state index is -0.225. The Balaban J connectivity index is 1.18. The van der Waals surface area contributed by atoms with Gasteiger partial charge >= 0.3 is 0 Å². The van der Waals surface area contributed by atoms with Crippen molar-refractivity contribution in [1.82, 2.24) is 25.4 Å². The molecule has 0 unspecified atom stereocenters. The molecular weight excluding hydrogens is 460 g/mol. The van der Waals surface area contributed by atoms with Crippen molar-refractivity contribution >= 4 is 22.5 Å². The maximum atomic E-state index is 13.2. The van der Waals surface area contributed by atoms with E-state index in [9.17, 15) is 4.79 Å². The van der Waals surface area contributed by atoms with Gasteiger partial charge in [-0.2, -0.15) is 5.10 Å². The highest BCUT2D eigenvalue weighted by Crippen LogP contribution is 2.26. The van der Waals surface area contributed by atoms with Gasteiger partial charge in [0.05, 0.1) is 5.52 Å². The lowest BCUT2D eigenvalue weighted by molar-refractivity contribution is 0.0961. The Morgan fingerprint density at radius 1 is 0.946 bits per heavy atom.